The van der Waals surface area contributed by atoms with E-state index < -0.39 is 5.97 Å². The van der Waals surface area contributed by atoms with Crippen LogP contribution in [0.25, 0.3) is 0 Å². The zero-order valence-corrected chi connectivity index (χ0v) is 14.6. The summed E-state index contributed by atoms with van der Waals surface area (Å²) in [4.78, 5) is 24.2. The van der Waals surface area contributed by atoms with Gasteiger partial charge in [-0.3, -0.25) is 4.79 Å². The number of hydrogen-bond donors (Lipinski definition) is 1. The molecule has 1 aliphatic carbocycles. The first-order valence-electron chi connectivity index (χ1n) is 8.94. The third-order valence-corrected chi connectivity index (χ3v) is 4.40. The number of carbonyl (C=O) groups excluding carboxylic acids is 2. The maximum Gasteiger partial charge on any atom is 0.342 e. The molecule has 0 spiro atoms. The van der Waals surface area contributed by atoms with Gasteiger partial charge in [-0.25, -0.2) is 4.79 Å². The van der Waals surface area contributed by atoms with Gasteiger partial charge < -0.3 is 14.8 Å². The highest BCUT2D eigenvalue weighted by Gasteiger charge is 2.19. The first kappa shape index (κ1) is 18.0. The zero-order chi connectivity index (χ0) is 18.2. The number of ether oxygens (including phenoxy) is 2. The van der Waals surface area contributed by atoms with E-state index in [9.17, 15) is 9.59 Å². The lowest BCUT2D eigenvalue weighted by molar-refractivity contribution is -0.124. The summed E-state index contributed by atoms with van der Waals surface area (Å²) in [5.41, 5.74) is 1.32. The van der Waals surface area contributed by atoms with Gasteiger partial charge in [0.15, 0.2) is 6.61 Å². The van der Waals surface area contributed by atoms with E-state index in [-0.39, 0.29) is 18.6 Å². The summed E-state index contributed by atoms with van der Waals surface area (Å²) in [5.74, 6) is -0.374. The molecule has 0 bridgehead atoms. The van der Waals surface area contributed by atoms with Gasteiger partial charge in [-0.15, -0.1) is 0 Å². The number of rotatable bonds is 7. The predicted octanol–water partition coefficient (Wildman–Crippen LogP) is 3.48. The van der Waals surface area contributed by atoms with Crippen molar-refractivity contribution in [2.75, 3.05) is 6.61 Å². The Balaban J connectivity index is 1.54. The van der Waals surface area contributed by atoms with Crippen molar-refractivity contribution >= 4 is 11.9 Å². The Morgan fingerprint density at radius 1 is 0.962 bits per heavy atom. The van der Waals surface area contributed by atoms with E-state index in [1.165, 1.54) is 0 Å². The SMILES string of the molecule is O=C(COC(=O)c1ccccc1OCc1ccccc1)NC1CCCC1. The minimum atomic E-state index is -0.560. The van der Waals surface area contributed by atoms with Crippen LogP contribution in [-0.2, 0) is 16.1 Å². The van der Waals surface area contributed by atoms with Crippen molar-refractivity contribution < 1.29 is 19.1 Å². The normalized spacial score (nSPS) is 14.0. The zero-order valence-electron chi connectivity index (χ0n) is 14.6. The molecule has 0 aliphatic heterocycles. The molecule has 0 aromatic heterocycles. The molecule has 2 aromatic rings. The fourth-order valence-electron chi connectivity index (χ4n) is 3.04. The average Bonchev–Trinajstić information content (AvgIpc) is 3.18. The van der Waals surface area contributed by atoms with Crippen molar-refractivity contribution in [2.24, 2.45) is 0 Å². The Morgan fingerprint density at radius 2 is 1.65 bits per heavy atom. The molecule has 1 aliphatic rings. The molecular formula is C21H23NO4. The molecule has 3 rings (SSSR count). The molecule has 0 radical (unpaired) electrons. The Hall–Kier alpha value is -2.82. The summed E-state index contributed by atoms with van der Waals surface area (Å²) in [5, 5.41) is 2.90. The van der Waals surface area contributed by atoms with E-state index in [0.717, 1.165) is 31.2 Å². The molecule has 0 unspecified atom stereocenters. The van der Waals surface area contributed by atoms with Crippen LogP contribution in [0.2, 0.25) is 0 Å². The molecule has 1 fully saturated rings. The highest BCUT2D eigenvalue weighted by Crippen LogP contribution is 2.21. The maximum absolute atomic E-state index is 12.3. The van der Waals surface area contributed by atoms with E-state index in [1.807, 2.05) is 30.3 Å². The second kappa shape index (κ2) is 9.04. The lowest BCUT2D eigenvalue weighted by atomic mass is 10.2. The molecule has 2 aromatic carbocycles. The third kappa shape index (κ3) is 5.09. The summed E-state index contributed by atoms with van der Waals surface area (Å²) >= 11 is 0. The van der Waals surface area contributed by atoms with Crippen LogP contribution in [0.1, 0.15) is 41.6 Å². The van der Waals surface area contributed by atoms with Gasteiger partial charge in [-0.1, -0.05) is 55.3 Å². The van der Waals surface area contributed by atoms with Crippen molar-refractivity contribution in [1.82, 2.24) is 5.32 Å². The van der Waals surface area contributed by atoms with E-state index in [4.69, 9.17) is 9.47 Å². The molecule has 0 saturated heterocycles. The molecule has 1 N–H and O–H groups in total. The van der Waals surface area contributed by atoms with Crippen LogP contribution in [0.15, 0.2) is 54.6 Å². The number of nitrogens with one attached hydrogen (secondary N) is 1. The van der Waals surface area contributed by atoms with Crippen molar-refractivity contribution in [3.05, 3.63) is 65.7 Å². The Morgan fingerprint density at radius 3 is 2.42 bits per heavy atom. The van der Waals surface area contributed by atoms with Gasteiger partial charge in [-0.2, -0.15) is 0 Å². The molecule has 5 heteroatoms. The van der Waals surface area contributed by atoms with Gasteiger partial charge >= 0.3 is 5.97 Å². The largest absolute Gasteiger partial charge is 0.488 e. The quantitative estimate of drug-likeness (QED) is 0.774. The van der Waals surface area contributed by atoms with Gasteiger partial charge in [0.2, 0.25) is 0 Å². The van der Waals surface area contributed by atoms with Crippen molar-refractivity contribution in [2.45, 2.75) is 38.3 Å². The Bertz CT molecular complexity index is 739. The molecule has 5 nitrogen and oxygen atoms in total. The highest BCUT2D eigenvalue weighted by atomic mass is 16.5. The van der Waals surface area contributed by atoms with E-state index >= 15 is 0 Å². The Labute approximate surface area is 153 Å². The summed E-state index contributed by atoms with van der Waals surface area (Å²) in [6.07, 6.45) is 4.26. The second-order valence-electron chi connectivity index (χ2n) is 6.40. The van der Waals surface area contributed by atoms with E-state index in [2.05, 4.69) is 5.32 Å². The predicted molar refractivity (Wildman–Crippen MR) is 97.9 cm³/mol. The van der Waals surface area contributed by atoms with Crippen LogP contribution < -0.4 is 10.1 Å². The molecule has 0 atom stereocenters. The number of carbonyl (C=O) groups is 2. The maximum atomic E-state index is 12.3. The van der Waals surface area contributed by atoms with Gasteiger partial charge in [0.1, 0.15) is 17.9 Å². The average molecular weight is 353 g/mol. The standard InChI is InChI=1S/C21H23NO4/c23-20(22-17-10-4-5-11-17)15-26-21(24)18-12-6-7-13-19(18)25-14-16-8-2-1-3-9-16/h1-3,6-9,12-13,17H,4-5,10-11,14-15H2,(H,22,23). The molecule has 26 heavy (non-hydrogen) atoms. The molecule has 136 valence electrons. The molecule has 1 saturated carbocycles. The van der Waals surface area contributed by atoms with Gasteiger partial charge in [0.25, 0.3) is 5.91 Å². The van der Waals surface area contributed by atoms with Crippen LogP contribution in [0.5, 0.6) is 5.75 Å². The van der Waals surface area contributed by atoms with E-state index in [1.54, 1.807) is 24.3 Å². The minimum Gasteiger partial charge on any atom is -0.488 e. The minimum absolute atomic E-state index is 0.211. The van der Waals surface area contributed by atoms with Crippen LogP contribution in [0, 0.1) is 0 Å². The van der Waals surface area contributed by atoms with Gasteiger partial charge in [0.05, 0.1) is 0 Å². The molecule has 0 heterocycles. The van der Waals surface area contributed by atoms with E-state index in [0.29, 0.717) is 17.9 Å². The van der Waals surface area contributed by atoms with Gasteiger partial charge in [0, 0.05) is 6.04 Å². The van der Waals surface area contributed by atoms with Crippen LogP contribution in [0.4, 0.5) is 0 Å². The summed E-state index contributed by atoms with van der Waals surface area (Å²) < 4.78 is 10.9. The second-order valence-corrected chi connectivity index (χ2v) is 6.40. The summed E-state index contributed by atoms with van der Waals surface area (Å²) in [6, 6.07) is 16.8. The van der Waals surface area contributed by atoms with Gasteiger partial charge in [-0.05, 0) is 30.5 Å². The van der Waals surface area contributed by atoms with Crippen LogP contribution in [-0.4, -0.2) is 24.5 Å². The lowest BCUT2D eigenvalue weighted by Gasteiger charge is -2.13. The van der Waals surface area contributed by atoms with Crippen molar-refractivity contribution in [3.8, 4) is 5.75 Å². The number of para-hydroxylation sites is 1. The van der Waals surface area contributed by atoms with Crippen molar-refractivity contribution in [3.63, 3.8) is 0 Å². The third-order valence-electron chi connectivity index (χ3n) is 4.40. The first-order chi connectivity index (χ1) is 12.7. The van der Waals surface area contributed by atoms with Crippen LogP contribution in [0.3, 0.4) is 0 Å². The van der Waals surface area contributed by atoms with Crippen LogP contribution >= 0.6 is 0 Å². The number of benzene rings is 2. The monoisotopic (exact) mass is 353 g/mol. The fourth-order valence-corrected chi connectivity index (χ4v) is 3.04. The topological polar surface area (TPSA) is 64.6 Å². The smallest absolute Gasteiger partial charge is 0.342 e. The number of esters is 1. The molecular weight excluding hydrogens is 330 g/mol. The molecule has 1 amide bonds. The lowest BCUT2D eigenvalue weighted by Crippen LogP contribution is -2.35. The number of amides is 1. The highest BCUT2D eigenvalue weighted by molar-refractivity contribution is 5.94. The summed E-state index contributed by atoms with van der Waals surface area (Å²) in [6.45, 7) is 0.0790. The fraction of sp³-hybridized carbons (Fsp3) is 0.333. The Kier molecular flexibility index (Phi) is 6.25. The summed E-state index contributed by atoms with van der Waals surface area (Å²) in [7, 11) is 0. The number of hydrogen-bond acceptors (Lipinski definition) is 4. The first-order valence-corrected chi connectivity index (χ1v) is 8.94. The van der Waals surface area contributed by atoms with Crippen molar-refractivity contribution in [1.29, 1.82) is 0 Å².